The van der Waals surface area contributed by atoms with Gasteiger partial charge in [-0.05, 0) is 31.1 Å². The maximum atomic E-state index is 10.3. The van der Waals surface area contributed by atoms with E-state index < -0.39 is 0 Å². The van der Waals surface area contributed by atoms with E-state index >= 15 is 0 Å². The Morgan fingerprint density at radius 3 is 3.00 bits per heavy atom. The molecule has 3 nitrogen and oxygen atoms in total. The lowest BCUT2D eigenvalue weighted by atomic mass is 9.95. The largest absolute Gasteiger partial charge is 0.388 e. The monoisotopic (exact) mass is 222 g/mol. The summed E-state index contributed by atoms with van der Waals surface area (Å²) in [6.07, 6.45) is 8.15. The van der Waals surface area contributed by atoms with Crippen molar-refractivity contribution in [3.05, 3.63) is 18.0 Å². The third-order valence-electron chi connectivity index (χ3n) is 3.63. The number of hydrogen-bond acceptors (Lipinski definition) is 2. The Morgan fingerprint density at radius 1 is 1.56 bits per heavy atom. The van der Waals surface area contributed by atoms with Gasteiger partial charge in [-0.2, -0.15) is 5.10 Å². The lowest BCUT2D eigenvalue weighted by Gasteiger charge is -2.16. The molecule has 0 radical (unpaired) electrons. The van der Waals surface area contributed by atoms with Gasteiger partial charge in [-0.1, -0.05) is 20.3 Å². The highest BCUT2D eigenvalue weighted by Crippen LogP contribution is 2.38. The first-order chi connectivity index (χ1) is 7.70. The Bertz CT molecular complexity index is 334. The summed E-state index contributed by atoms with van der Waals surface area (Å²) in [7, 11) is 0. The van der Waals surface area contributed by atoms with Crippen molar-refractivity contribution >= 4 is 0 Å². The number of nitrogens with zero attached hydrogens (tertiary/aromatic N) is 2. The Kier molecular flexibility index (Phi) is 3.64. The van der Waals surface area contributed by atoms with Crippen molar-refractivity contribution in [2.75, 3.05) is 0 Å². The lowest BCUT2D eigenvalue weighted by molar-refractivity contribution is 0.109. The highest BCUT2D eigenvalue weighted by molar-refractivity contribution is 5.09. The normalized spacial score (nSPS) is 27.2. The van der Waals surface area contributed by atoms with Gasteiger partial charge in [0.1, 0.15) is 0 Å². The van der Waals surface area contributed by atoms with Crippen LogP contribution in [0.15, 0.2) is 12.4 Å². The van der Waals surface area contributed by atoms with Crippen LogP contribution in [-0.4, -0.2) is 14.9 Å². The van der Waals surface area contributed by atoms with Crippen LogP contribution in [0.25, 0.3) is 0 Å². The van der Waals surface area contributed by atoms with Crippen molar-refractivity contribution < 1.29 is 5.11 Å². The molecule has 16 heavy (non-hydrogen) atoms. The summed E-state index contributed by atoms with van der Waals surface area (Å²) in [5.41, 5.74) is 0.993. The van der Waals surface area contributed by atoms with Gasteiger partial charge in [0, 0.05) is 18.3 Å². The third kappa shape index (κ3) is 2.46. The molecule has 0 aliphatic heterocycles. The molecular formula is C13H22N2O. The third-order valence-corrected chi connectivity index (χ3v) is 3.63. The molecule has 1 aromatic heterocycles. The van der Waals surface area contributed by atoms with E-state index in [1.165, 1.54) is 6.42 Å². The first kappa shape index (κ1) is 11.6. The zero-order valence-corrected chi connectivity index (χ0v) is 10.3. The molecular weight excluding hydrogens is 200 g/mol. The minimum atomic E-state index is -0.310. The Labute approximate surface area is 97.5 Å². The molecule has 3 unspecified atom stereocenters. The highest BCUT2D eigenvalue weighted by Gasteiger charge is 2.29. The van der Waals surface area contributed by atoms with E-state index in [1.54, 1.807) is 0 Å². The maximum Gasteiger partial charge on any atom is 0.0848 e. The fourth-order valence-corrected chi connectivity index (χ4v) is 2.69. The molecule has 0 spiro atoms. The van der Waals surface area contributed by atoms with Crippen LogP contribution in [0, 0.1) is 11.8 Å². The molecule has 1 N–H and O–H groups in total. The number of aliphatic hydroxyl groups is 1. The fraction of sp³-hybridized carbons (Fsp3) is 0.769. The van der Waals surface area contributed by atoms with E-state index in [4.69, 9.17) is 0 Å². The van der Waals surface area contributed by atoms with E-state index in [9.17, 15) is 5.11 Å². The van der Waals surface area contributed by atoms with Gasteiger partial charge in [0.05, 0.1) is 12.3 Å². The number of rotatable bonds is 4. The molecule has 2 rings (SSSR count). The standard InChI is InChI=1S/C13H22N2O/c1-3-6-15-9-12(8-14-15)13(16)11-5-4-10(2)7-11/h8-11,13,16H,3-7H2,1-2H3. The van der Waals surface area contributed by atoms with Gasteiger partial charge in [0.15, 0.2) is 0 Å². The first-order valence-electron chi connectivity index (χ1n) is 6.41. The van der Waals surface area contributed by atoms with Crippen molar-refractivity contribution in [3.63, 3.8) is 0 Å². The minimum Gasteiger partial charge on any atom is -0.388 e. The van der Waals surface area contributed by atoms with Crippen LogP contribution in [-0.2, 0) is 6.54 Å². The molecule has 0 aromatic carbocycles. The van der Waals surface area contributed by atoms with Crippen LogP contribution in [0.4, 0.5) is 0 Å². The topological polar surface area (TPSA) is 38.0 Å². The summed E-state index contributed by atoms with van der Waals surface area (Å²) in [5.74, 6) is 1.21. The van der Waals surface area contributed by atoms with Gasteiger partial charge >= 0.3 is 0 Å². The Hall–Kier alpha value is -0.830. The smallest absolute Gasteiger partial charge is 0.0848 e. The van der Waals surface area contributed by atoms with Crippen LogP contribution in [0.1, 0.15) is 51.2 Å². The van der Waals surface area contributed by atoms with Crippen molar-refractivity contribution in [2.24, 2.45) is 11.8 Å². The average molecular weight is 222 g/mol. The van der Waals surface area contributed by atoms with Gasteiger partial charge in [0.2, 0.25) is 0 Å². The van der Waals surface area contributed by atoms with Gasteiger partial charge < -0.3 is 5.11 Å². The molecule has 1 aromatic rings. The van der Waals surface area contributed by atoms with Gasteiger partial charge in [0.25, 0.3) is 0 Å². The zero-order chi connectivity index (χ0) is 11.5. The van der Waals surface area contributed by atoms with Gasteiger partial charge in [-0.15, -0.1) is 0 Å². The number of hydrogen-bond donors (Lipinski definition) is 1. The second-order valence-electron chi connectivity index (χ2n) is 5.16. The van der Waals surface area contributed by atoms with Crippen molar-refractivity contribution in [1.82, 2.24) is 9.78 Å². The molecule has 1 aliphatic rings. The summed E-state index contributed by atoms with van der Waals surface area (Å²) in [6, 6.07) is 0. The molecule has 90 valence electrons. The zero-order valence-electron chi connectivity index (χ0n) is 10.3. The summed E-state index contributed by atoms with van der Waals surface area (Å²) >= 11 is 0. The highest BCUT2D eigenvalue weighted by atomic mass is 16.3. The quantitative estimate of drug-likeness (QED) is 0.850. The van der Waals surface area contributed by atoms with Crippen LogP contribution >= 0.6 is 0 Å². The maximum absolute atomic E-state index is 10.3. The molecule has 0 saturated heterocycles. The molecule has 1 fully saturated rings. The van der Waals surface area contributed by atoms with E-state index in [2.05, 4.69) is 18.9 Å². The summed E-state index contributed by atoms with van der Waals surface area (Å²) in [4.78, 5) is 0. The molecule has 0 bridgehead atoms. The second kappa shape index (κ2) is 5.00. The van der Waals surface area contributed by atoms with E-state index in [-0.39, 0.29) is 6.10 Å². The van der Waals surface area contributed by atoms with Crippen molar-refractivity contribution in [3.8, 4) is 0 Å². The SMILES string of the molecule is CCCn1cc(C(O)C2CCC(C)C2)cn1. The van der Waals surface area contributed by atoms with E-state index in [1.807, 2.05) is 17.1 Å². The van der Waals surface area contributed by atoms with Gasteiger partial charge in [-0.25, -0.2) is 0 Å². The summed E-state index contributed by atoms with van der Waals surface area (Å²) < 4.78 is 1.93. The van der Waals surface area contributed by atoms with Crippen LogP contribution in [0.5, 0.6) is 0 Å². The molecule has 1 saturated carbocycles. The summed E-state index contributed by atoms with van der Waals surface area (Å²) in [6.45, 7) is 5.34. The second-order valence-corrected chi connectivity index (χ2v) is 5.16. The number of aromatic nitrogens is 2. The average Bonchev–Trinajstić information content (AvgIpc) is 2.87. The number of aryl methyl sites for hydroxylation is 1. The minimum absolute atomic E-state index is 0.310. The van der Waals surface area contributed by atoms with Crippen LogP contribution in [0.3, 0.4) is 0 Å². The predicted molar refractivity (Wildman–Crippen MR) is 64.0 cm³/mol. The first-order valence-corrected chi connectivity index (χ1v) is 6.41. The summed E-state index contributed by atoms with van der Waals surface area (Å²) in [5, 5.41) is 14.5. The van der Waals surface area contributed by atoms with Crippen LogP contribution < -0.4 is 0 Å². The van der Waals surface area contributed by atoms with Crippen molar-refractivity contribution in [1.29, 1.82) is 0 Å². The van der Waals surface area contributed by atoms with E-state index in [0.717, 1.165) is 37.3 Å². The van der Waals surface area contributed by atoms with Gasteiger partial charge in [-0.3, -0.25) is 4.68 Å². The van der Waals surface area contributed by atoms with E-state index in [0.29, 0.717) is 5.92 Å². The van der Waals surface area contributed by atoms with Crippen LogP contribution in [0.2, 0.25) is 0 Å². The lowest BCUT2D eigenvalue weighted by Crippen LogP contribution is -2.08. The Balaban J connectivity index is 1.99. The number of aliphatic hydroxyl groups excluding tert-OH is 1. The molecule has 1 aliphatic carbocycles. The predicted octanol–water partition coefficient (Wildman–Crippen LogP) is 2.76. The fourth-order valence-electron chi connectivity index (χ4n) is 2.69. The molecule has 1 heterocycles. The molecule has 0 amide bonds. The molecule has 3 heteroatoms. The Morgan fingerprint density at radius 2 is 2.38 bits per heavy atom. The van der Waals surface area contributed by atoms with Crippen molar-refractivity contribution in [2.45, 2.75) is 52.2 Å². The molecule has 3 atom stereocenters.